The molecule has 1 saturated heterocycles. The molecular formula is C14H20N2O2. The van der Waals surface area contributed by atoms with Gasteiger partial charge in [-0.15, -0.1) is 0 Å². The minimum atomic E-state index is -0.0355. The fourth-order valence-corrected chi connectivity index (χ4v) is 2.33. The highest BCUT2D eigenvalue weighted by atomic mass is 16.5. The first kappa shape index (κ1) is 12.7. The minimum absolute atomic E-state index is 0.0355. The molecule has 4 nitrogen and oxygen atoms in total. The van der Waals surface area contributed by atoms with Crippen molar-refractivity contribution in [2.45, 2.75) is 32.2 Å². The molecule has 2 amide bonds. The van der Waals surface area contributed by atoms with Crippen LogP contribution in [0.15, 0.2) is 24.3 Å². The molecule has 0 spiro atoms. The summed E-state index contributed by atoms with van der Waals surface area (Å²) in [5.74, 6) is 0.690. The molecule has 98 valence electrons. The van der Waals surface area contributed by atoms with Crippen LogP contribution in [-0.2, 0) is 0 Å². The lowest BCUT2D eigenvalue weighted by Crippen LogP contribution is -2.44. The molecule has 0 aliphatic carbocycles. The topological polar surface area (TPSA) is 41.6 Å². The van der Waals surface area contributed by atoms with Crippen LogP contribution in [-0.4, -0.2) is 30.6 Å². The number of carbonyl (C=O) groups excluding carboxylic acids is 1. The molecule has 1 aromatic rings. The number of urea groups is 1. The first-order valence-electron chi connectivity index (χ1n) is 6.43. The number of benzene rings is 1. The summed E-state index contributed by atoms with van der Waals surface area (Å²) in [7, 11) is 1.61. The normalized spacial score (nSPS) is 19.4. The smallest absolute Gasteiger partial charge is 0.322 e. The largest absolute Gasteiger partial charge is 0.495 e. The molecule has 0 radical (unpaired) electrons. The van der Waals surface area contributed by atoms with E-state index < -0.39 is 0 Å². The van der Waals surface area contributed by atoms with E-state index in [0.29, 0.717) is 11.8 Å². The SMILES string of the molecule is COc1ccccc1NC(=O)N1CCCCC1C. The zero-order valence-corrected chi connectivity index (χ0v) is 11.0. The van der Waals surface area contributed by atoms with Gasteiger partial charge < -0.3 is 15.0 Å². The van der Waals surface area contributed by atoms with Crippen molar-refractivity contribution in [1.82, 2.24) is 4.90 Å². The van der Waals surface area contributed by atoms with E-state index in [-0.39, 0.29) is 6.03 Å². The van der Waals surface area contributed by atoms with Crippen molar-refractivity contribution in [3.05, 3.63) is 24.3 Å². The molecule has 1 atom stereocenters. The molecule has 0 bridgehead atoms. The summed E-state index contributed by atoms with van der Waals surface area (Å²) >= 11 is 0. The number of amides is 2. The number of nitrogens with zero attached hydrogens (tertiary/aromatic N) is 1. The van der Waals surface area contributed by atoms with E-state index >= 15 is 0 Å². The number of anilines is 1. The molecule has 0 saturated carbocycles. The Balaban J connectivity index is 2.06. The van der Waals surface area contributed by atoms with Crippen molar-refractivity contribution in [2.24, 2.45) is 0 Å². The van der Waals surface area contributed by atoms with Gasteiger partial charge in [-0.05, 0) is 38.3 Å². The van der Waals surface area contributed by atoms with Crippen LogP contribution in [0.2, 0.25) is 0 Å². The van der Waals surface area contributed by atoms with Crippen LogP contribution < -0.4 is 10.1 Å². The van der Waals surface area contributed by atoms with Gasteiger partial charge in [-0.3, -0.25) is 0 Å². The third-order valence-corrected chi connectivity index (χ3v) is 3.41. The second-order valence-electron chi connectivity index (χ2n) is 4.67. The average molecular weight is 248 g/mol. The molecule has 1 aromatic carbocycles. The lowest BCUT2D eigenvalue weighted by Gasteiger charge is -2.33. The fraction of sp³-hybridized carbons (Fsp3) is 0.500. The van der Waals surface area contributed by atoms with E-state index in [1.165, 1.54) is 6.42 Å². The first-order chi connectivity index (χ1) is 8.72. The number of ether oxygens (including phenoxy) is 1. The van der Waals surface area contributed by atoms with Gasteiger partial charge in [0.05, 0.1) is 12.8 Å². The number of hydrogen-bond donors (Lipinski definition) is 1. The molecule has 18 heavy (non-hydrogen) atoms. The van der Waals surface area contributed by atoms with Gasteiger partial charge in [0.15, 0.2) is 0 Å². The van der Waals surface area contributed by atoms with Gasteiger partial charge in [0.25, 0.3) is 0 Å². The standard InChI is InChI=1S/C14H20N2O2/c1-11-7-5-6-10-16(11)14(17)15-12-8-3-4-9-13(12)18-2/h3-4,8-9,11H,5-7,10H2,1-2H3,(H,15,17). The second kappa shape index (κ2) is 5.76. The van der Waals surface area contributed by atoms with Gasteiger partial charge in [-0.25, -0.2) is 4.79 Å². The molecule has 1 aliphatic rings. The Morgan fingerprint density at radius 1 is 1.39 bits per heavy atom. The molecule has 1 unspecified atom stereocenters. The summed E-state index contributed by atoms with van der Waals surface area (Å²) in [6, 6.07) is 7.75. The molecule has 0 aromatic heterocycles. The monoisotopic (exact) mass is 248 g/mol. The van der Waals surface area contributed by atoms with E-state index in [1.54, 1.807) is 7.11 Å². The van der Waals surface area contributed by atoms with Crippen LogP contribution in [0.4, 0.5) is 10.5 Å². The predicted octanol–water partition coefficient (Wildman–Crippen LogP) is 3.10. The van der Waals surface area contributed by atoms with Crippen molar-refractivity contribution < 1.29 is 9.53 Å². The van der Waals surface area contributed by atoms with Crippen molar-refractivity contribution in [2.75, 3.05) is 19.0 Å². The van der Waals surface area contributed by atoms with Gasteiger partial charge in [-0.1, -0.05) is 12.1 Å². The summed E-state index contributed by atoms with van der Waals surface area (Å²) in [6.45, 7) is 2.93. The van der Waals surface area contributed by atoms with Crippen LogP contribution in [0.1, 0.15) is 26.2 Å². The summed E-state index contributed by atoms with van der Waals surface area (Å²) in [5, 5.41) is 2.92. The lowest BCUT2D eigenvalue weighted by atomic mass is 10.0. The third kappa shape index (κ3) is 2.75. The number of nitrogens with one attached hydrogen (secondary N) is 1. The maximum atomic E-state index is 12.2. The van der Waals surface area contributed by atoms with Crippen LogP contribution >= 0.6 is 0 Å². The summed E-state index contributed by atoms with van der Waals surface area (Å²) in [4.78, 5) is 14.1. The highest BCUT2D eigenvalue weighted by molar-refractivity contribution is 5.91. The Labute approximate surface area is 108 Å². The van der Waals surface area contributed by atoms with Crippen molar-refractivity contribution >= 4 is 11.7 Å². The zero-order valence-electron chi connectivity index (χ0n) is 11.0. The van der Waals surface area contributed by atoms with Crippen LogP contribution in [0.3, 0.4) is 0 Å². The molecular weight excluding hydrogens is 228 g/mol. The quantitative estimate of drug-likeness (QED) is 0.873. The average Bonchev–Trinajstić information content (AvgIpc) is 2.39. The fourth-order valence-electron chi connectivity index (χ4n) is 2.33. The Hall–Kier alpha value is -1.71. The molecule has 2 rings (SSSR count). The first-order valence-corrected chi connectivity index (χ1v) is 6.43. The molecule has 1 heterocycles. The third-order valence-electron chi connectivity index (χ3n) is 3.41. The number of carbonyl (C=O) groups is 1. The highest BCUT2D eigenvalue weighted by Gasteiger charge is 2.23. The number of likely N-dealkylation sites (tertiary alicyclic amines) is 1. The summed E-state index contributed by atoms with van der Waals surface area (Å²) < 4.78 is 5.23. The molecule has 1 aliphatic heterocycles. The summed E-state index contributed by atoms with van der Waals surface area (Å²) in [6.07, 6.45) is 3.38. The van der Waals surface area contributed by atoms with Gasteiger partial charge >= 0.3 is 6.03 Å². The number of hydrogen-bond acceptors (Lipinski definition) is 2. The Morgan fingerprint density at radius 2 is 2.17 bits per heavy atom. The lowest BCUT2D eigenvalue weighted by molar-refractivity contribution is 0.170. The van der Waals surface area contributed by atoms with Crippen LogP contribution in [0, 0.1) is 0 Å². The Bertz CT molecular complexity index is 420. The van der Waals surface area contributed by atoms with Gasteiger partial charge in [-0.2, -0.15) is 0 Å². The predicted molar refractivity (Wildman–Crippen MR) is 72.0 cm³/mol. The number of methoxy groups -OCH3 is 1. The van der Waals surface area contributed by atoms with Gasteiger partial charge in [0.2, 0.25) is 0 Å². The van der Waals surface area contributed by atoms with E-state index in [9.17, 15) is 4.79 Å². The second-order valence-corrected chi connectivity index (χ2v) is 4.67. The van der Waals surface area contributed by atoms with Gasteiger partial charge in [0.1, 0.15) is 5.75 Å². The number of piperidine rings is 1. The molecule has 4 heteroatoms. The zero-order chi connectivity index (χ0) is 13.0. The summed E-state index contributed by atoms with van der Waals surface area (Å²) in [5.41, 5.74) is 0.725. The van der Waals surface area contributed by atoms with Crippen molar-refractivity contribution in [1.29, 1.82) is 0 Å². The van der Waals surface area contributed by atoms with E-state index in [4.69, 9.17) is 4.74 Å². The minimum Gasteiger partial charge on any atom is -0.495 e. The Kier molecular flexibility index (Phi) is 4.07. The van der Waals surface area contributed by atoms with Crippen LogP contribution in [0.5, 0.6) is 5.75 Å². The number of para-hydroxylation sites is 2. The van der Waals surface area contributed by atoms with Gasteiger partial charge in [0, 0.05) is 12.6 Å². The highest BCUT2D eigenvalue weighted by Crippen LogP contribution is 2.24. The van der Waals surface area contributed by atoms with E-state index in [0.717, 1.165) is 25.1 Å². The molecule has 1 N–H and O–H groups in total. The van der Waals surface area contributed by atoms with Crippen molar-refractivity contribution in [3.63, 3.8) is 0 Å². The van der Waals surface area contributed by atoms with E-state index in [2.05, 4.69) is 12.2 Å². The van der Waals surface area contributed by atoms with Crippen LogP contribution in [0.25, 0.3) is 0 Å². The maximum Gasteiger partial charge on any atom is 0.322 e. The maximum absolute atomic E-state index is 12.2. The van der Waals surface area contributed by atoms with Crippen molar-refractivity contribution in [3.8, 4) is 5.75 Å². The van der Waals surface area contributed by atoms with E-state index in [1.807, 2.05) is 29.2 Å². The Morgan fingerprint density at radius 3 is 2.89 bits per heavy atom. The molecule has 1 fully saturated rings. The number of rotatable bonds is 2.